The molecule has 0 spiro atoms. The third kappa shape index (κ3) is 4.70. The topological polar surface area (TPSA) is 66.5 Å². The van der Waals surface area contributed by atoms with E-state index in [1.807, 2.05) is 36.7 Å². The van der Waals surface area contributed by atoms with Crippen LogP contribution in [0.2, 0.25) is 0 Å². The molecule has 1 N–H and O–H groups in total. The molecule has 3 heterocycles. The van der Waals surface area contributed by atoms with E-state index in [0.717, 1.165) is 34.6 Å². The van der Waals surface area contributed by atoms with Crippen LogP contribution in [0.4, 0.5) is 11.4 Å². The number of carbonyl (C=O) groups excluding carboxylic acids is 1. The summed E-state index contributed by atoms with van der Waals surface area (Å²) in [6, 6.07) is 12.1. The van der Waals surface area contributed by atoms with Crippen LogP contribution in [0.5, 0.6) is 0 Å². The number of hydrogen-bond donors (Lipinski definition) is 1. The van der Waals surface area contributed by atoms with Crippen molar-refractivity contribution >= 4 is 33.2 Å². The standard InChI is InChI=1S/C23H28BrN5O2/c1-15-22(24)16(2)29(26-15)14-20-9-10-21(31-20)23(30)25-17-5-7-18(8-6-17)28-12-11-19(13-28)27(3)4/h5-10,19H,11-14H2,1-4H3,(H,25,30). The van der Waals surface area contributed by atoms with Crippen LogP contribution in [0.1, 0.15) is 34.1 Å². The molecular weight excluding hydrogens is 458 g/mol. The summed E-state index contributed by atoms with van der Waals surface area (Å²) in [5.74, 6) is 0.707. The average molecular weight is 486 g/mol. The molecule has 1 aromatic carbocycles. The SMILES string of the molecule is Cc1nn(Cc2ccc(C(=O)Nc3ccc(N4CCC(N(C)C)C4)cc3)o2)c(C)c1Br. The Morgan fingerprint density at radius 1 is 1.23 bits per heavy atom. The molecule has 1 aliphatic rings. The highest BCUT2D eigenvalue weighted by molar-refractivity contribution is 9.10. The van der Waals surface area contributed by atoms with Crippen LogP contribution < -0.4 is 10.2 Å². The molecule has 31 heavy (non-hydrogen) atoms. The Morgan fingerprint density at radius 3 is 2.58 bits per heavy atom. The summed E-state index contributed by atoms with van der Waals surface area (Å²) in [5, 5.41) is 7.40. The van der Waals surface area contributed by atoms with E-state index in [2.05, 4.69) is 62.4 Å². The first-order valence-electron chi connectivity index (χ1n) is 10.4. The lowest BCUT2D eigenvalue weighted by atomic mass is 10.2. The highest BCUT2D eigenvalue weighted by atomic mass is 79.9. The normalized spacial score (nSPS) is 16.3. The monoisotopic (exact) mass is 485 g/mol. The lowest BCUT2D eigenvalue weighted by Crippen LogP contribution is -2.31. The first kappa shape index (κ1) is 21.6. The van der Waals surface area contributed by atoms with E-state index in [4.69, 9.17) is 4.42 Å². The molecule has 1 amide bonds. The molecular formula is C23H28BrN5O2. The summed E-state index contributed by atoms with van der Waals surface area (Å²) in [6.45, 7) is 6.50. The van der Waals surface area contributed by atoms with Gasteiger partial charge < -0.3 is 19.5 Å². The van der Waals surface area contributed by atoms with Gasteiger partial charge in [-0.25, -0.2) is 0 Å². The Kier molecular flexibility index (Phi) is 6.20. The predicted molar refractivity (Wildman–Crippen MR) is 126 cm³/mol. The summed E-state index contributed by atoms with van der Waals surface area (Å²) in [4.78, 5) is 17.3. The summed E-state index contributed by atoms with van der Waals surface area (Å²) in [5.41, 5.74) is 3.88. The molecule has 1 unspecified atom stereocenters. The molecule has 2 aromatic heterocycles. The molecule has 1 saturated heterocycles. The van der Waals surface area contributed by atoms with Gasteiger partial charge in [0.2, 0.25) is 0 Å². The Morgan fingerprint density at radius 2 is 1.97 bits per heavy atom. The van der Waals surface area contributed by atoms with Gasteiger partial charge in [0.25, 0.3) is 5.91 Å². The summed E-state index contributed by atoms with van der Waals surface area (Å²) >= 11 is 3.53. The maximum atomic E-state index is 12.6. The number of aromatic nitrogens is 2. The Hall–Kier alpha value is -2.58. The smallest absolute Gasteiger partial charge is 0.291 e. The van der Waals surface area contributed by atoms with Gasteiger partial charge in [-0.05, 0) is 86.7 Å². The molecule has 0 saturated carbocycles. The van der Waals surface area contributed by atoms with Crippen molar-refractivity contribution < 1.29 is 9.21 Å². The minimum absolute atomic E-state index is 0.262. The van der Waals surface area contributed by atoms with Crippen LogP contribution in [0.3, 0.4) is 0 Å². The van der Waals surface area contributed by atoms with Gasteiger partial charge in [0.05, 0.1) is 22.4 Å². The fourth-order valence-corrected chi connectivity index (χ4v) is 4.19. The first-order valence-corrected chi connectivity index (χ1v) is 11.2. The second-order valence-electron chi connectivity index (χ2n) is 8.26. The Labute approximate surface area is 191 Å². The second-order valence-corrected chi connectivity index (χ2v) is 9.05. The molecule has 7 nitrogen and oxygen atoms in total. The number of hydrogen-bond acceptors (Lipinski definition) is 5. The van der Waals surface area contributed by atoms with Crippen molar-refractivity contribution in [2.24, 2.45) is 0 Å². The van der Waals surface area contributed by atoms with Gasteiger partial charge in [0.15, 0.2) is 5.76 Å². The minimum Gasteiger partial charge on any atom is -0.454 e. The fraction of sp³-hybridized carbons (Fsp3) is 0.391. The van der Waals surface area contributed by atoms with E-state index < -0.39 is 0 Å². The van der Waals surface area contributed by atoms with Crippen molar-refractivity contribution in [3.63, 3.8) is 0 Å². The third-order valence-electron chi connectivity index (χ3n) is 5.87. The predicted octanol–water partition coefficient (Wildman–Crippen LogP) is 4.30. The molecule has 0 aliphatic carbocycles. The zero-order valence-corrected chi connectivity index (χ0v) is 19.9. The number of furan rings is 1. The lowest BCUT2D eigenvalue weighted by molar-refractivity contribution is 0.0994. The fourth-order valence-electron chi connectivity index (χ4n) is 3.91. The quantitative estimate of drug-likeness (QED) is 0.563. The lowest BCUT2D eigenvalue weighted by Gasteiger charge is -2.22. The van der Waals surface area contributed by atoms with Gasteiger partial charge in [-0.2, -0.15) is 5.10 Å². The van der Waals surface area contributed by atoms with E-state index >= 15 is 0 Å². The van der Waals surface area contributed by atoms with Crippen LogP contribution in [-0.2, 0) is 6.54 Å². The third-order valence-corrected chi connectivity index (χ3v) is 7.02. The van der Waals surface area contributed by atoms with Gasteiger partial charge in [-0.15, -0.1) is 0 Å². The van der Waals surface area contributed by atoms with Crippen LogP contribution in [0.25, 0.3) is 0 Å². The van der Waals surface area contributed by atoms with Gasteiger partial charge in [0, 0.05) is 30.5 Å². The number of rotatable bonds is 6. The van der Waals surface area contributed by atoms with E-state index in [-0.39, 0.29) is 11.7 Å². The number of likely N-dealkylation sites (N-methyl/N-ethyl adjacent to an activating group) is 1. The van der Waals surface area contributed by atoms with Gasteiger partial charge in [-0.1, -0.05) is 0 Å². The molecule has 3 aromatic rings. The molecule has 0 bridgehead atoms. The van der Waals surface area contributed by atoms with Crippen LogP contribution in [0, 0.1) is 13.8 Å². The van der Waals surface area contributed by atoms with Crippen LogP contribution >= 0.6 is 15.9 Å². The Bertz CT molecular complexity index is 1070. The van der Waals surface area contributed by atoms with Gasteiger partial charge in [-0.3, -0.25) is 9.48 Å². The van der Waals surface area contributed by atoms with Crippen molar-refractivity contribution in [2.75, 3.05) is 37.4 Å². The van der Waals surface area contributed by atoms with Crippen LogP contribution in [-0.4, -0.2) is 53.8 Å². The van der Waals surface area contributed by atoms with Crippen molar-refractivity contribution in [3.05, 3.63) is 63.8 Å². The van der Waals surface area contributed by atoms with Crippen LogP contribution in [0.15, 0.2) is 45.3 Å². The van der Waals surface area contributed by atoms with Crippen molar-refractivity contribution in [1.82, 2.24) is 14.7 Å². The first-order chi connectivity index (χ1) is 14.8. The Balaban J connectivity index is 1.37. The molecule has 1 atom stereocenters. The number of nitrogens with one attached hydrogen (secondary N) is 1. The second kappa shape index (κ2) is 8.88. The van der Waals surface area contributed by atoms with E-state index in [1.165, 1.54) is 12.1 Å². The van der Waals surface area contributed by atoms with Crippen molar-refractivity contribution in [1.29, 1.82) is 0 Å². The number of benzene rings is 1. The van der Waals surface area contributed by atoms with Crippen molar-refractivity contribution in [3.8, 4) is 0 Å². The zero-order valence-electron chi connectivity index (χ0n) is 18.4. The highest BCUT2D eigenvalue weighted by Crippen LogP contribution is 2.24. The maximum Gasteiger partial charge on any atom is 0.291 e. The number of amides is 1. The van der Waals surface area contributed by atoms with Crippen molar-refractivity contribution in [2.45, 2.75) is 32.9 Å². The van der Waals surface area contributed by atoms with Gasteiger partial charge in [0.1, 0.15) is 5.76 Å². The summed E-state index contributed by atoms with van der Waals surface area (Å²) < 4.78 is 8.62. The molecule has 1 fully saturated rings. The minimum atomic E-state index is -0.262. The maximum absolute atomic E-state index is 12.6. The number of anilines is 2. The molecule has 4 rings (SSSR count). The summed E-state index contributed by atoms with van der Waals surface area (Å²) in [7, 11) is 4.26. The number of aryl methyl sites for hydroxylation is 1. The molecule has 8 heteroatoms. The van der Waals surface area contributed by atoms with Gasteiger partial charge >= 0.3 is 0 Å². The molecule has 164 valence electrons. The number of halogens is 1. The molecule has 1 aliphatic heterocycles. The average Bonchev–Trinajstić information content (AvgIpc) is 3.47. The highest BCUT2D eigenvalue weighted by Gasteiger charge is 2.24. The van der Waals surface area contributed by atoms with E-state index in [9.17, 15) is 4.79 Å². The largest absolute Gasteiger partial charge is 0.454 e. The summed E-state index contributed by atoms with van der Waals surface area (Å²) in [6.07, 6.45) is 1.17. The van der Waals surface area contributed by atoms with E-state index in [0.29, 0.717) is 18.3 Å². The van der Waals surface area contributed by atoms with E-state index in [1.54, 1.807) is 6.07 Å². The zero-order chi connectivity index (χ0) is 22.1. The number of nitrogens with zero attached hydrogens (tertiary/aromatic N) is 4. The number of carbonyl (C=O) groups is 1. The molecule has 0 radical (unpaired) electrons.